The van der Waals surface area contributed by atoms with Crippen LogP contribution in [0.4, 0.5) is 4.79 Å². The van der Waals surface area contributed by atoms with Crippen molar-refractivity contribution in [1.29, 1.82) is 0 Å². The third-order valence-corrected chi connectivity index (χ3v) is 0.947. The van der Waals surface area contributed by atoms with E-state index in [9.17, 15) is 4.79 Å². The summed E-state index contributed by atoms with van der Waals surface area (Å²) in [4.78, 5) is 9.66. The molecule has 0 aromatic carbocycles. The van der Waals surface area contributed by atoms with Crippen molar-refractivity contribution in [2.45, 2.75) is 18.9 Å². The van der Waals surface area contributed by atoms with Crippen molar-refractivity contribution in [3.63, 3.8) is 0 Å². The Hall–Kier alpha value is -0.440. The molecule has 0 aliphatic heterocycles. The molecule has 0 aromatic rings. The van der Waals surface area contributed by atoms with E-state index in [1.807, 2.05) is 0 Å². The standard InChI is InChI=1S/C4H7ClO3/c1-2-3(5)8-4(6)7/h3H,2H2,1H3,(H,6,7). The van der Waals surface area contributed by atoms with E-state index in [2.05, 4.69) is 4.74 Å². The summed E-state index contributed by atoms with van der Waals surface area (Å²) in [7, 11) is 0. The zero-order valence-electron chi connectivity index (χ0n) is 4.43. The van der Waals surface area contributed by atoms with Gasteiger partial charge in [-0.2, -0.15) is 0 Å². The van der Waals surface area contributed by atoms with Crippen molar-refractivity contribution < 1.29 is 14.6 Å². The van der Waals surface area contributed by atoms with E-state index < -0.39 is 11.7 Å². The molecule has 0 fully saturated rings. The van der Waals surface area contributed by atoms with E-state index in [0.717, 1.165) is 0 Å². The fraction of sp³-hybridized carbons (Fsp3) is 0.750. The van der Waals surface area contributed by atoms with Crippen molar-refractivity contribution in [3.8, 4) is 0 Å². The molecule has 1 unspecified atom stereocenters. The Bertz CT molecular complexity index is 83.4. The second-order valence-corrected chi connectivity index (χ2v) is 1.69. The molecule has 8 heavy (non-hydrogen) atoms. The van der Waals surface area contributed by atoms with Crippen molar-refractivity contribution in [2.24, 2.45) is 0 Å². The van der Waals surface area contributed by atoms with Crippen LogP contribution in [0.25, 0.3) is 0 Å². The molecule has 0 aliphatic rings. The Morgan fingerprint density at radius 3 is 2.62 bits per heavy atom. The lowest BCUT2D eigenvalue weighted by Gasteiger charge is -2.02. The maximum absolute atomic E-state index is 9.66. The normalized spacial score (nSPS) is 12.8. The monoisotopic (exact) mass is 138 g/mol. The predicted octanol–water partition coefficient (Wildman–Crippen LogP) is 1.66. The third-order valence-electron chi connectivity index (χ3n) is 0.550. The molecule has 0 aromatic heterocycles. The van der Waals surface area contributed by atoms with Gasteiger partial charge in [-0.25, -0.2) is 4.79 Å². The summed E-state index contributed by atoms with van der Waals surface area (Å²) in [5, 5.41) is 7.91. The van der Waals surface area contributed by atoms with Gasteiger partial charge < -0.3 is 9.84 Å². The number of hydrogen-bond donors (Lipinski definition) is 1. The summed E-state index contributed by atoms with van der Waals surface area (Å²) in [5.41, 5.74) is -0.701. The summed E-state index contributed by atoms with van der Waals surface area (Å²) >= 11 is 5.26. The number of carboxylic acid groups (broad SMARTS) is 1. The second kappa shape index (κ2) is 3.55. The Labute approximate surface area is 52.2 Å². The zero-order chi connectivity index (χ0) is 6.57. The van der Waals surface area contributed by atoms with Crippen LogP contribution >= 0.6 is 11.6 Å². The van der Waals surface area contributed by atoms with E-state index >= 15 is 0 Å². The van der Waals surface area contributed by atoms with Gasteiger partial charge in [-0.05, 0) is 6.42 Å². The molecule has 1 atom stereocenters. The number of alkyl halides is 1. The lowest BCUT2D eigenvalue weighted by Crippen LogP contribution is -2.08. The van der Waals surface area contributed by atoms with Crippen molar-refractivity contribution in [1.82, 2.24) is 0 Å². The SMILES string of the molecule is CCC(Cl)OC(=O)O. The van der Waals surface area contributed by atoms with E-state index in [1.54, 1.807) is 6.92 Å². The number of hydrogen-bond acceptors (Lipinski definition) is 2. The minimum Gasteiger partial charge on any atom is -0.450 e. The molecule has 0 aliphatic carbocycles. The van der Waals surface area contributed by atoms with Gasteiger partial charge in [0.25, 0.3) is 0 Å². The largest absolute Gasteiger partial charge is 0.507 e. The van der Waals surface area contributed by atoms with Gasteiger partial charge in [0, 0.05) is 0 Å². The summed E-state index contributed by atoms with van der Waals surface area (Å²) in [6.45, 7) is 1.74. The maximum Gasteiger partial charge on any atom is 0.507 e. The van der Waals surface area contributed by atoms with Crippen molar-refractivity contribution in [2.75, 3.05) is 0 Å². The third kappa shape index (κ3) is 3.74. The van der Waals surface area contributed by atoms with Crippen LogP contribution in [0.5, 0.6) is 0 Å². The quantitative estimate of drug-likeness (QED) is 0.466. The molecule has 4 heteroatoms. The van der Waals surface area contributed by atoms with Gasteiger partial charge in [-0.1, -0.05) is 18.5 Å². The number of rotatable bonds is 2. The smallest absolute Gasteiger partial charge is 0.450 e. The number of carbonyl (C=O) groups is 1. The van der Waals surface area contributed by atoms with Crippen LogP contribution in [-0.2, 0) is 4.74 Å². The zero-order valence-corrected chi connectivity index (χ0v) is 5.18. The van der Waals surface area contributed by atoms with E-state index in [0.29, 0.717) is 6.42 Å². The number of ether oxygens (including phenoxy) is 1. The molecular weight excluding hydrogens is 131 g/mol. The fourth-order valence-corrected chi connectivity index (χ4v) is 0.269. The highest BCUT2D eigenvalue weighted by atomic mass is 35.5. The highest BCUT2D eigenvalue weighted by Crippen LogP contribution is 2.01. The van der Waals surface area contributed by atoms with Gasteiger partial charge in [-0.3, -0.25) is 0 Å². The van der Waals surface area contributed by atoms with E-state index in [-0.39, 0.29) is 0 Å². The molecule has 3 nitrogen and oxygen atoms in total. The van der Waals surface area contributed by atoms with Crippen LogP contribution in [0.1, 0.15) is 13.3 Å². The molecule has 0 saturated carbocycles. The van der Waals surface area contributed by atoms with Crippen LogP contribution < -0.4 is 0 Å². The molecule has 0 amide bonds. The van der Waals surface area contributed by atoms with Crippen LogP contribution in [-0.4, -0.2) is 16.8 Å². The molecule has 0 bridgehead atoms. The van der Waals surface area contributed by atoms with Crippen LogP contribution in [0.2, 0.25) is 0 Å². The first-order valence-electron chi connectivity index (χ1n) is 2.20. The van der Waals surface area contributed by atoms with E-state index in [4.69, 9.17) is 16.7 Å². The molecule has 1 N–H and O–H groups in total. The highest BCUT2D eigenvalue weighted by Gasteiger charge is 2.04. The maximum atomic E-state index is 9.66. The molecule has 0 radical (unpaired) electrons. The highest BCUT2D eigenvalue weighted by molar-refractivity contribution is 6.20. The molecule has 0 heterocycles. The van der Waals surface area contributed by atoms with Gasteiger partial charge >= 0.3 is 6.16 Å². The Kier molecular flexibility index (Phi) is 3.35. The second-order valence-electron chi connectivity index (χ2n) is 1.20. The Balaban J connectivity index is 3.24. The van der Waals surface area contributed by atoms with Crippen LogP contribution in [0.3, 0.4) is 0 Å². The van der Waals surface area contributed by atoms with Gasteiger partial charge in [0.1, 0.15) is 0 Å². The summed E-state index contributed by atoms with van der Waals surface area (Å²) in [6, 6.07) is 0. The van der Waals surface area contributed by atoms with Crippen molar-refractivity contribution >= 4 is 17.8 Å². The summed E-state index contributed by atoms with van der Waals surface area (Å²) < 4.78 is 4.08. The lowest BCUT2D eigenvalue weighted by molar-refractivity contribution is 0.0788. The topological polar surface area (TPSA) is 46.5 Å². The first-order chi connectivity index (χ1) is 3.66. The molecular formula is C4H7ClO3. The molecule has 0 rings (SSSR count). The first-order valence-corrected chi connectivity index (χ1v) is 2.64. The first kappa shape index (κ1) is 7.56. The molecule has 48 valence electrons. The van der Waals surface area contributed by atoms with Gasteiger partial charge in [0.05, 0.1) is 0 Å². The van der Waals surface area contributed by atoms with Gasteiger partial charge in [0.2, 0.25) is 0 Å². The summed E-state index contributed by atoms with van der Waals surface area (Å²) in [5.74, 6) is 0. The van der Waals surface area contributed by atoms with Gasteiger partial charge in [0.15, 0.2) is 5.56 Å². The average molecular weight is 139 g/mol. The lowest BCUT2D eigenvalue weighted by atomic mass is 10.5. The van der Waals surface area contributed by atoms with Crippen LogP contribution in [0.15, 0.2) is 0 Å². The van der Waals surface area contributed by atoms with Crippen molar-refractivity contribution in [3.05, 3.63) is 0 Å². The molecule has 0 saturated heterocycles. The van der Waals surface area contributed by atoms with Gasteiger partial charge in [-0.15, -0.1) is 0 Å². The number of halogens is 1. The minimum atomic E-state index is -1.33. The Morgan fingerprint density at radius 2 is 2.50 bits per heavy atom. The van der Waals surface area contributed by atoms with Crippen LogP contribution in [0, 0.1) is 0 Å². The molecule has 0 spiro atoms. The minimum absolute atomic E-state index is 0.494. The predicted molar refractivity (Wildman–Crippen MR) is 29.0 cm³/mol. The van der Waals surface area contributed by atoms with E-state index in [1.165, 1.54) is 0 Å². The summed E-state index contributed by atoms with van der Waals surface area (Å²) in [6.07, 6.45) is -0.833. The Morgan fingerprint density at radius 1 is 2.00 bits per heavy atom. The fourth-order valence-electron chi connectivity index (χ4n) is 0.193. The average Bonchev–Trinajstić information content (AvgIpc) is 1.65.